The van der Waals surface area contributed by atoms with Crippen LogP contribution in [0.5, 0.6) is 5.75 Å². The number of carbonyl (C=O) groups is 2. The predicted octanol–water partition coefficient (Wildman–Crippen LogP) is 3.33. The molecule has 0 radical (unpaired) electrons. The minimum atomic E-state index is -1.09. The lowest BCUT2D eigenvalue weighted by Crippen LogP contribution is -2.58. The number of carboxylic acids is 1. The lowest BCUT2D eigenvalue weighted by atomic mass is 10.1. The first-order chi connectivity index (χ1) is 14.2. The van der Waals surface area contributed by atoms with E-state index in [1.165, 1.54) is 18.2 Å². The molecular formula is C23H27FN2O4. The second-order valence-electron chi connectivity index (χ2n) is 7.89. The van der Waals surface area contributed by atoms with Crippen molar-refractivity contribution in [1.29, 1.82) is 0 Å². The Bertz CT molecular complexity index is 916. The van der Waals surface area contributed by atoms with Gasteiger partial charge in [-0.1, -0.05) is 18.2 Å². The summed E-state index contributed by atoms with van der Waals surface area (Å²) in [5.41, 5.74) is 1.93. The fourth-order valence-electron chi connectivity index (χ4n) is 3.74. The molecule has 0 saturated carbocycles. The van der Waals surface area contributed by atoms with E-state index in [9.17, 15) is 19.1 Å². The lowest BCUT2D eigenvalue weighted by molar-refractivity contribution is -0.139. The van der Waals surface area contributed by atoms with Gasteiger partial charge >= 0.3 is 5.97 Å². The van der Waals surface area contributed by atoms with Crippen LogP contribution in [0.25, 0.3) is 0 Å². The Morgan fingerprint density at radius 1 is 1.10 bits per heavy atom. The molecule has 1 heterocycles. The van der Waals surface area contributed by atoms with Crippen LogP contribution in [0.15, 0.2) is 42.5 Å². The van der Waals surface area contributed by atoms with Crippen molar-refractivity contribution in [1.82, 2.24) is 9.80 Å². The van der Waals surface area contributed by atoms with Crippen molar-refractivity contribution in [3.8, 4) is 5.75 Å². The fraction of sp³-hybridized carbons (Fsp3) is 0.391. The monoisotopic (exact) mass is 414 g/mol. The van der Waals surface area contributed by atoms with Crippen LogP contribution in [0.2, 0.25) is 0 Å². The number of ether oxygens (including phenoxy) is 1. The Morgan fingerprint density at radius 3 is 2.47 bits per heavy atom. The van der Waals surface area contributed by atoms with Crippen LogP contribution in [0.3, 0.4) is 0 Å². The van der Waals surface area contributed by atoms with Crippen molar-refractivity contribution in [2.75, 3.05) is 19.7 Å². The van der Waals surface area contributed by atoms with Crippen molar-refractivity contribution < 1.29 is 23.8 Å². The van der Waals surface area contributed by atoms with Crippen LogP contribution in [0.1, 0.15) is 35.3 Å². The van der Waals surface area contributed by atoms with E-state index < -0.39 is 5.97 Å². The van der Waals surface area contributed by atoms with Crippen molar-refractivity contribution >= 4 is 11.9 Å². The molecule has 2 atom stereocenters. The first kappa shape index (κ1) is 21.8. The Kier molecular flexibility index (Phi) is 6.72. The molecule has 0 unspecified atom stereocenters. The predicted molar refractivity (Wildman–Crippen MR) is 111 cm³/mol. The van der Waals surface area contributed by atoms with Gasteiger partial charge in [0.15, 0.2) is 6.61 Å². The molecule has 1 aliphatic rings. The molecule has 0 spiro atoms. The molecule has 3 rings (SSSR count). The van der Waals surface area contributed by atoms with Gasteiger partial charge in [-0.15, -0.1) is 0 Å². The van der Waals surface area contributed by atoms with E-state index in [1.54, 1.807) is 29.2 Å². The van der Waals surface area contributed by atoms with E-state index in [0.717, 1.165) is 11.1 Å². The van der Waals surface area contributed by atoms with Gasteiger partial charge in [0.25, 0.3) is 5.91 Å². The molecule has 0 bridgehead atoms. The number of aryl methyl sites for hydroxylation is 1. The number of carboxylic acid groups (broad SMARTS) is 1. The maximum absolute atomic E-state index is 13.1. The topological polar surface area (TPSA) is 70.1 Å². The fourth-order valence-corrected chi connectivity index (χ4v) is 3.74. The summed E-state index contributed by atoms with van der Waals surface area (Å²) < 4.78 is 18.7. The highest BCUT2D eigenvalue weighted by molar-refractivity contribution is 5.91. The van der Waals surface area contributed by atoms with Crippen LogP contribution in [-0.2, 0) is 11.3 Å². The zero-order valence-electron chi connectivity index (χ0n) is 17.5. The smallest absolute Gasteiger partial charge is 0.339 e. The quantitative estimate of drug-likeness (QED) is 0.785. The zero-order chi connectivity index (χ0) is 21.8. The van der Waals surface area contributed by atoms with Crippen molar-refractivity contribution in [3.05, 3.63) is 65.0 Å². The summed E-state index contributed by atoms with van der Waals surface area (Å²) >= 11 is 0. The van der Waals surface area contributed by atoms with E-state index in [-0.39, 0.29) is 41.7 Å². The van der Waals surface area contributed by atoms with Crippen molar-refractivity contribution in [3.63, 3.8) is 0 Å². The molecule has 1 saturated heterocycles. The van der Waals surface area contributed by atoms with Gasteiger partial charge in [-0.3, -0.25) is 9.69 Å². The standard InChI is InChI=1S/C23H27FN2O4/c1-15-4-9-20(23(28)29)21(10-15)30-14-22(27)26-12-16(2)25(11-17(26)3)13-18-5-7-19(24)8-6-18/h4-10,16-17H,11-14H2,1-3H3,(H,28,29)/t16-,17+/m1/s1. The van der Waals surface area contributed by atoms with Crippen LogP contribution >= 0.6 is 0 Å². The minimum Gasteiger partial charge on any atom is -0.483 e. The van der Waals surface area contributed by atoms with Gasteiger partial charge < -0.3 is 14.7 Å². The Labute approximate surface area is 175 Å². The van der Waals surface area contributed by atoms with Crippen LogP contribution in [-0.4, -0.2) is 58.6 Å². The number of hydrogen-bond donors (Lipinski definition) is 1. The van der Waals surface area contributed by atoms with Gasteiger partial charge in [-0.2, -0.15) is 0 Å². The Hall–Kier alpha value is -2.93. The highest BCUT2D eigenvalue weighted by Crippen LogP contribution is 2.22. The van der Waals surface area contributed by atoms with Gasteiger partial charge in [0.1, 0.15) is 17.1 Å². The zero-order valence-corrected chi connectivity index (χ0v) is 17.5. The molecule has 2 aromatic rings. The first-order valence-electron chi connectivity index (χ1n) is 9.99. The largest absolute Gasteiger partial charge is 0.483 e. The number of nitrogens with zero attached hydrogens (tertiary/aromatic N) is 2. The second kappa shape index (κ2) is 9.26. The van der Waals surface area contributed by atoms with E-state index in [1.807, 2.05) is 13.8 Å². The third kappa shape index (κ3) is 5.16. The summed E-state index contributed by atoms with van der Waals surface area (Å²) in [6.07, 6.45) is 0. The molecule has 6 nitrogen and oxygen atoms in total. The summed E-state index contributed by atoms with van der Waals surface area (Å²) in [5.74, 6) is -1.32. The first-order valence-corrected chi connectivity index (χ1v) is 9.99. The highest BCUT2D eigenvalue weighted by atomic mass is 19.1. The number of aromatic carboxylic acids is 1. The maximum Gasteiger partial charge on any atom is 0.339 e. The summed E-state index contributed by atoms with van der Waals surface area (Å²) in [4.78, 5) is 28.2. The van der Waals surface area contributed by atoms with Crippen LogP contribution < -0.4 is 4.74 Å². The number of halogens is 1. The average Bonchev–Trinajstić information content (AvgIpc) is 2.70. The molecule has 1 amide bonds. The number of carbonyl (C=O) groups excluding carboxylic acids is 1. The molecule has 1 N–H and O–H groups in total. The normalized spacial score (nSPS) is 19.5. The average molecular weight is 414 g/mol. The molecule has 160 valence electrons. The van der Waals surface area contributed by atoms with Crippen LogP contribution in [0.4, 0.5) is 4.39 Å². The summed E-state index contributed by atoms with van der Waals surface area (Å²) in [6, 6.07) is 11.4. The molecular weight excluding hydrogens is 387 g/mol. The molecule has 0 aromatic heterocycles. The Morgan fingerprint density at radius 2 is 1.80 bits per heavy atom. The van der Waals surface area contributed by atoms with Gasteiger partial charge in [-0.05, 0) is 56.2 Å². The summed E-state index contributed by atoms with van der Waals surface area (Å²) in [5, 5.41) is 9.31. The second-order valence-corrected chi connectivity index (χ2v) is 7.89. The maximum atomic E-state index is 13.1. The molecule has 30 heavy (non-hydrogen) atoms. The van der Waals surface area contributed by atoms with Gasteiger partial charge in [0.2, 0.25) is 0 Å². The number of piperazine rings is 1. The lowest BCUT2D eigenvalue weighted by Gasteiger charge is -2.44. The summed E-state index contributed by atoms with van der Waals surface area (Å²) in [6.45, 7) is 7.59. The number of amides is 1. The number of rotatable bonds is 6. The third-order valence-corrected chi connectivity index (χ3v) is 5.45. The van der Waals surface area contributed by atoms with E-state index in [0.29, 0.717) is 19.6 Å². The molecule has 1 fully saturated rings. The molecule has 1 aliphatic heterocycles. The molecule has 0 aliphatic carbocycles. The van der Waals surface area contributed by atoms with E-state index in [4.69, 9.17) is 4.74 Å². The van der Waals surface area contributed by atoms with E-state index in [2.05, 4.69) is 11.8 Å². The highest BCUT2D eigenvalue weighted by Gasteiger charge is 2.32. The van der Waals surface area contributed by atoms with Crippen molar-refractivity contribution in [2.24, 2.45) is 0 Å². The SMILES string of the molecule is Cc1ccc(C(=O)O)c(OCC(=O)N2C[C@@H](C)N(Cc3ccc(F)cc3)C[C@@H]2C)c1. The Balaban J connectivity index is 1.61. The molecule has 7 heteroatoms. The van der Waals surface area contributed by atoms with Crippen molar-refractivity contribution in [2.45, 2.75) is 39.4 Å². The number of hydrogen-bond acceptors (Lipinski definition) is 4. The van der Waals surface area contributed by atoms with Gasteiger partial charge in [0, 0.05) is 31.7 Å². The minimum absolute atomic E-state index is 0.0193. The van der Waals surface area contributed by atoms with Crippen LogP contribution in [0, 0.1) is 12.7 Å². The van der Waals surface area contributed by atoms with Gasteiger partial charge in [0.05, 0.1) is 0 Å². The van der Waals surface area contributed by atoms with Gasteiger partial charge in [-0.25, -0.2) is 9.18 Å². The molecule has 2 aromatic carbocycles. The third-order valence-electron chi connectivity index (χ3n) is 5.45. The number of benzene rings is 2. The van der Waals surface area contributed by atoms with E-state index >= 15 is 0 Å². The summed E-state index contributed by atoms with van der Waals surface area (Å²) in [7, 11) is 0.